The van der Waals surface area contributed by atoms with E-state index in [4.69, 9.17) is 8.85 Å². The second-order valence-electron chi connectivity index (χ2n) is 3.36. The molecule has 16 heavy (non-hydrogen) atoms. The zero-order valence-corrected chi connectivity index (χ0v) is 10.1. The van der Waals surface area contributed by atoms with Crippen molar-refractivity contribution in [3.05, 3.63) is 18.3 Å². The van der Waals surface area contributed by atoms with E-state index in [0.29, 0.717) is 5.32 Å². The van der Waals surface area contributed by atoms with E-state index in [1.54, 1.807) is 18.3 Å². The first-order chi connectivity index (χ1) is 7.43. The minimum atomic E-state index is -4.19. The van der Waals surface area contributed by atoms with Crippen molar-refractivity contribution >= 4 is 13.9 Å². The third-order valence-corrected chi connectivity index (χ3v) is 5.76. The Balaban J connectivity index is 2.81. The van der Waals surface area contributed by atoms with Crippen molar-refractivity contribution in [1.29, 1.82) is 0 Å². The molecule has 0 aliphatic heterocycles. The lowest BCUT2D eigenvalue weighted by Gasteiger charge is -2.26. The van der Waals surface area contributed by atoms with Crippen LogP contribution in [0.3, 0.4) is 0 Å². The molecule has 0 atom stereocenters. The first kappa shape index (κ1) is 13.3. The molecule has 7 heteroatoms. The molecule has 0 aliphatic carbocycles. The summed E-state index contributed by atoms with van der Waals surface area (Å²) in [4.78, 5) is 2.86. The third kappa shape index (κ3) is 3.10. The predicted octanol–water partition coefficient (Wildman–Crippen LogP) is 1.91. The zero-order valence-electron chi connectivity index (χ0n) is 9.10. The van der Waals surface area contributed by atoms with Crippen LogP contribution in [0.5, 0.6) is 0 Å². The number of aromatic nitrogens is 1. The Hall–Kier alpha value is -0.793. The quantitative estimate of drug-likeness (QED) is 0.813. The maximum absolute atomic E-state index is 12.2. The minimum Gasteiger partial charge on any atom is -0.394 e. The Morgan fingerprint density at radius 1 is 1.31 bits per heavy atom. The van der Waals surface area contributed by atoms with Crippen LogP contribution >= 0.6 is 0 Å². The monoisotopic (exact) mass is 253 g/mol. The maximum Gasteiger partial charge on any atom is 0.389 e. The van der Waals surface area contributed by atoms with Gasteiger partial charge in [-0.15, -0.1) is 0 Å². The molecule has 0 saturated carbocycles. The van der Waals surface area contributed by atoms with Crippen molar-refractivity contribution < 1.29 is 22.0 Å². The number of alkyl halides is 3. The first-order valence-electron chi connectivity index (χ1n) is 4.74. The van der Waals surface area contributed by atoms with Crippen molar-refractivity contribution in [2.24, 2.45) is 0 Å². The van der Waals surface area contributed by atoms with E-state index in [9.17, 15) is 13.2 Å². The van der Waals surface area contributed by atoms with Crippen molar-refractivity contribution in [2.75, 3.05) is 14.2 Å². The Kier molecular flexibility index (Phi) is 4.17. The second kappa shape index (κ2) is 5.02. The highest BCUT2D eigenvalue weighted by atomic mass is 28.4. The largest absolute Gasteiger partial charge is 0.394 e. The summed E-state index contributed by atoms with van der Waals surface area (Å²) in [5.74, 6) is 0. The van der Waals surface area contributed by atoms with Gasteiger partial charge in [0.25, 0.3) is 0 Å². The molecular formula is C9H14F3NO2Si. The Morgan fingerprint density at radius 3 is 2.31 bits per heavy atom. The van der Waals surface area contributed by atoms with Gasteiger partial charge in [0.2, 0.25) is 0 Å². The van der Waals surface area contributed by atoms with Gasteiger partial charge in [-0.3, -0.25) is 0 Å². The molecule has 0 spiro atoms. The zero-order chi connectivity index (χ0) is 12.2. The Morgan fingerprint density at radius 2 is 1.94 bits per heavy atom. The Labute approximate surface area is 92.8 Å². The summed E-state index contributed by atoms with van der Waals surface area (Å²) in [5, 5.41) is 0.613. The van der Waals surface area contributed by atoms with E-state index in [2.05, 4.69) is 4.98 Å². The number of H-pyrrole nitrogens is 1. The number of hydrogen-bond donors (Lipinski definition) is 1. The number of rotatable bonds is 5. The summed E-state index contributed by atoms with van der Waals surface area (Å²) in [5.41, 5.74) is 0. The predicted molar refractivity (Wildman–Crippen MR) is 55.7 cm³/mol. The van der Waals surface area contributed by atoms with Crippen LogP contribution in [0.4, 0.5) is 13.2 Å². The molecule has 1 N–H and O–H groups in total. The van der Waals surface area contributed by atoms with Crippen LogP contribution in [0, 0.1) is 0 Å². The topological polar surface area (TPSA) is 34.2 Å². The van der Waals surface area contributed by atoms with Gasteiger partial charge in [0, 0.05) is 32.9 Å². The third-order valence-electron chi connectivity index (χ3n) is 2.41. The van der Waals surface area contributed by atoms with Gasteiger partial charge in [0.1, 0.15) is 0 Å². The van der Waals surface area contributed by atoms with Crippen molar-refractivity contribution in [2.45, 2.75) is 18.6 Å². The number of halogens is 3. The maximum atomic E-state index is 12.2. The fourth-order valence-corrected chi connectivity index (χ4v) is 4.07. The number of hydrogen-bond acceptors (Lipinski definition) is 2. The van der Waals surface area contributed by atoms with Gasteiger partial charge in [-0.05, 0) is 12.1 Å². The molecule has 3 nitrogen and oxygen atoms in total. The summed E-state index contributed by atoms with van der Waals surface area (Å²) in [7, 11) is -0.189. The highest BCUT2D eigenvalue weighted by Gasteiger charge is 2.43. The van der Waals surface area contributed by atoms with Gasteiger partial charge >= 0.3 is 14.7 Å². The van der Waals surface area contributed by atoms with Gasteiger partial charge in [0.05, 0.1) is 5.32 Å². The number of nitrogens with one attached hydrogen (secondary N) is 1. The molecule has 0 amide bonds. The lowest BCUT2D eigenvalue weighted by Crippen LogP contribution is -2.53. The van der Waals surface area contributed by atoms with Crippen LogP contribution in [0.1, 0.15) is 6.42 Å². The van der Waals surface area contributed by atoms with Crippen LogP contribution in [0.25, 0.3) is 0 Å². The van der Waals surface area contributed by atoms with E-state index in [1.165, 1.54) is 14.2 Å². The normalized spacial score (nSPS) is 13.1. The van der Waals surface area contributed by atoms with E-state index in [-0.39, 0.29) is 6.04 Å². The smallest absolute Gasteiger partial charge is 0.389 e. The van der Waals surface area contributed by atoms with Crippen molar-refractivity contribution in [1.82, 2.24) is 4.98 Å². The van der Waals surface area contributed by atoms with Gasteiger partial charge < -0.3 is 13.8 Å². The van der Waals surface area contributed by atoms with E-state index < -0.39 is 21.2 Å². The fraction of sp³-hybridized carbons (Fsp3) is 0.556. The van der Waals surface area contributed by atoms with Crippen LogP contribution in [-0.2, 0) is 8.85 Å². The highest BCUT2D eigenvalue weighted by molar-refractivity contribution is 6.80. The summed E-state index contributed by atoms with van der Waals surface area (Å²) in [6, 6.07) is 3.25. The van der Waals surface area contributed by atoms with Crippen LogP contribution in [0.2, 0.25) is 6.04 Å². The molecule has 1 aromatic rings. The summed E-state index contributed by atoms with van der Waals surface area (Å²) < 4.78 is 47.0. The average Bonchev–Trinajstić information content (AvgIpc) is 2.72. The molecule has 0 aromatic carbocycles. The lowest BCUT2D eigenvalue weighted by atomic mass is 10.5. The van der Waals surface area contributed by atoms with E-state index in [1.807, 2.05) is 0 Å². The molecule has 0 bridgehead atoms. The van der Waals surface area contributed by atoms with Crippen LogP contribution in [0.15, 0.2) is 18.3 Å². The molecular weight excluding hydrogens is 239 g/mol. The molecule has 1 heterocycles. The fourth-order valence-electron chi connectivity index (χ4n) is 1.52. The van der Waals surface area contributed by atoms with E-state index >= 15 is 0 Å². The average molecular weight is 253 g/mol. The number of aromatic amines is 1. The SMILES string of the molecule is CO[Si](CCC(F)(F)F)(OC)c1ccc[nH]1. The molecule has 92 valence electrons. The van der Waals surface area contributed by atoms with E-state index in [0.717, 1.165) is 0 Å². The molecule has 1 aromatic heterocycles. The van der Waals surface area contributed by atoms with Crippen LogP contribution < -0.4 is 5.32 Å². The molecule has 1 rings (SSSR count). The molecule has 0 aliphatic rings. The molecule has 0 fully saturated rings. The molecule has 0 radical (unpaired) electrons. The highest BCUT2D eigenvalue weighted by Crippen LogP contribution is 2.26. The van der Waals surface area contributed by atoms with Gasteiger partial charge in [0.15, 0.2) is 0 Å². The standard InChI is InChI=1S/C9H14F3NO2Si/c1-14-16(15-2,7-5-9(10,11)12)8-4-3-6-13-8/h3-4,6,13H,5,7H2,1-2H3. The van der Waals surface area contributed by atoms with Crippen molar-refractivity contribution in [3.63, 3.8) is 0 Å². The first-order valence-corrected chi connectivity index (χ1v) is 6.77. The lowest BCUT2D eigenvalue weighted by molar-refractivity contribution is -0.131. The molecule has 0 saturated heterocycles. The van der Waals surface area contributed by atoms with Gasteiger partial charge in [-0.1, -0.05) is 0 Å². The van der Waals surface area contributed by atoms with Gasteiger partial charge in [-0.25, -0.2) is 0 Å². The summed E-state index contributed by atoms with van der Waals surface area (Å²) in [6.45, 7) is 0. The Bertz CT molecular complexity index is 309. The van der Waals surface area contributed by atoms with Gasteiger partial charge in [-0.2, -0.15) is 13.2 Å². The van der Waals surface area contributed by atoms with Crippen LogP contribution in [-0.4, -0.2) is 33.9 Å². The summed E-state index contributed by atoms with van der Waals surface area (Å²) in [6.07, 6.45) is -3.45. The summed E-state index contributed by atoms with van der Waals surface area (Å²) >= 11 is 0. The minimum absolute atomic E-state index is 0.149. The molecule has 0 unspecified atom stereocenters. The second-order valence-corrected chi connectivity index (χ2v) is 6.72. The van der Waals surface area contributed by atoms with Crippen molar-refractivity contribution in [3.8, 4) is 0 Å².